The van der Waals surface area contributed by atoms with Gasteiger partial charge in [-0.25, -0.2) is 13.1 Å². The van der Waals surface area contributed by atoms with Crippen LogP contribution in [0.2, 0.25) is 0 Å². The van der Waals surface area contributed by atoms with Crippen LogP contribution in [0.1, 0.15) is 18.4 Å². The Morgan fingerprint density at radius 2 is 2.11 bits per heavy atom. The molecule has 0 amide bonds. The first-order chi connectivity index (χ1) is 9.12. The fourth-order valence-electron chi connectivity index (χ4n) is 2.00. The predicted octanol–water partition coefficient (Wildman–Crippen LogP) is 1.21. The highest BCUT2D eigenvalue weighted by Gasteiger charge is 2.22. The molecule has 0 spiro atoms. The van der Waals surface area contributed by atoms with Gasteiger partial charge in [0.15, 0.2) is 0 Å². The third-order valence-corrected chi connectivity index (χ3v) is 4.54. The van der Waals surface area contributed by atoms with Crippen LogP contribution in [0.3, 0.4) is 0 Å². The molecule has 5 nitrogen and oxygen atoms in total. The van der Waals surface area contributed by atoms with E-state index in [1.54, 1.807) is 12.1 Å². The van der Waals surface area contributed by atoms with Crippen molar-refractivity contribution in [3.05, 3.63) is 29.8 Å². The van der Waals surface area contributed by atoms with Crippen LogP contribution in [0.25, 0.3) is 0 Å². The van der Waals surface area contributed by atoms with Gasteiger partial charge in [0.25, 0.3) is 0 Å². The van der Waals surface area contributed by atoms with Gasteiger partial charge in [0, 0.05) is 12.6 Å². The second kappa shape index (κ2) is 6.15. The van der Waals surface area contributed by atoms with Gasteiger partial charge in [-0.05, 0) is 30.5 Å². The molecular weight excluding hydrogens is 264 g/mol. The van der Waals surface area contributed by atoms with E-state index in [0.717, 1.165) is 18.4 Å². The van der Waals surface area contributed by atoms with Gasteiger partial charge in [-0.1, -0.05) is 12.1 Å². The molecule has 19 heavy (non-hydrogen) atoms. The lowest BCUT2D eigenvalue weighted by atomic mass is 10.1. The number of benzene rings is 1. The molecular formula is C13H16N2O3S. The normalized spacial score (nSPS) is 19.8. The summed E-state index contributed by atoms with van der Waals surface area (Å²) in [5.41, 5.74) is 0.808. The van der Waals surface area contributed by atoms with Crippen LogP contribution in [0.5, 0.6) is 0 Å². The molecule has 1 N–H and O–H groups in total. The molecule has 1 atom stereocenters. The minimum absolute atomic E-state index is 0.155. The molecule has 0 saturated carbocycles. The Balaban J connectivity index is 2.08. The SMILES string of the molecule is N#CCc1ccc(S(=O)(=O)NC2CCCOC2)cc1. The van der Waals surface area contributed by atoms with E-state index in [0.29, 0.717) is 13.2 Å². The van der Waals surface area contributed by atoms with Crippen molar-refractivity contribution in [2.24, 2.45) is 0 Å². The van der Waals surface area contributed by atoms with Crippen LogP contribution < -0.4 is 4.72 Å². The summed E-state index contributed by atoms with van der Waals surface area (Å²) < 4.78 is 32.2. The van der Waals surface area contributed by atoms with E-state index < -0.39 is 10.0 Å². The summed E-state index contributed by atoms with van der Waals surface area (Å²) >= 11 is 0. The number of hydrogen-bond donors (Lipinski definition) is 1. The Morgan fingerprint density at radius 1 is 1.37 bits per heavy atom. The van der Waals surface area contributed by atoms with Crippen molar-refractivity contribution in [3.63, 3.8) is 0 Å². The number of rotatable bonds is 4. The first-order valence-corrected chi connectivity index (χ1v) is 7.66. The molecule has 1 aromatic carbocycles. The van der Waals surface area contributed by atoms with E-state index in [4.69, 9.17) is 10.00 Å². The van der Waals surface area contributed by atoms with Crippen LogP contribution >= 0.6 is 0 Å². The third-order valence-electron chi connectivity index (χ3n) is 3.00. The van der Waals surface area contributed by atoms with Crippen molar-refractivity contribution in [2.45, 2.75) is 30.2 Å². The van der Waals surface area contributed by atoms with E-state index >= 15 is 0 Å². The molecule has 6 heteroatoms. The molecule has 0 radical (unpaired) electrons. The molecule has 2 rings (SSSR count). The van der Waals surface area contributed by atoms with Gasteiger partial charge < -0.3 is 4.74 Å². The summed E-state index contributed by atoms with van der Waals surface area (Å²) in [4.78, 5) is 0.222. The maximum Gasteiger partial charge on any atom is 0.240 e. The standard InChI is InChI=1S/C13H16N2O3S/c14-8-7-11-3-5-13(6-4-11)19(16,17)15-12-2-1-9-18-10-12/h3-6,12,15H,1-2,7,9-10H2. The molecule has 0 bridgehead atoms. The van der Waals surface area contributed by atoms with E-state index in [9.17, 15) is 8.42 Å². The van der Waals surface area contributed by atoms with Crippen LogP contribution in [0.15, 0.2) is 29.2 Å². The fraction of sp³-hybridized carbons (Fsp3) is 0.462. The Bertz CT molecular complexity index is 555. The van der Waals surface area contributed by atoms with E-state index in [1.807, 2.05) is 6.07 Å². The molecule has 0 aliphatic carbocycles. The maximum absolute atomic E-state index is 12.1. The van der Waals surface area contributed by atoms with E-state index in [2.05, 4.69) is 4.72 Å². The lowest BCUT2D eigenvalue weighted by molar-refractivity contribution is 0.0774. The van der Waals surface area contributed by atoms with Gasteiger partial charge in [0.1, 0.15) is 0 Å². The van der Waals surface area contributed by atoms with Gasteiger partial charge >= 0.3 is 0 Å². The Morgan fingerprint density at radius 3 is 2.68 bits per heavy atom. The Kier molecular flexibility index (Phi) is 4.53. The summed E-state index contributed by atoms with van der Waals surface area (Å²) in [6.07, 6.45) is 1.95. The lowest BCUT2D eigenvalue weighted by Gasteiger charge is -2.22. The highest BCUT2D eigenvalue weighted by Crippen LogP contribution is 2.14. The fourth-order valence-corrected chi connectivity index (χ4v) is 3.25. The summed E-state index contributed by atoms with van der Waals surface area (Å²) in [6, 6.07) is 8.25. The van der Waals surface area contributed by atoms with Crippen molar-refractivity contribution in [1.29, 1.82) is 5.26 Å². The van der Waals surface area contributed by atoms with Gasteiger partial charge in [-0.3, -0.25) is 0 Å². The van der Waals surface area contributed by atoms with Crippen LogP contribution in [-0.2, 0) is 21.2 Å². The Hall–Kier alpha value is -1.42. The van der Waals surface area contributed by atoms with Crippen molar-refractivity contribution in [2.75, 3.05) is 13.2 Å². The number of ether oxygens (including phenoxy) is 1. The number of sulfonamides is 1. The smallest absolute Gasteiger partial charge is 0.240 e. The molecule has 1 aliphatic rings. The first kappa shape index (κ1) is 14.0. The number of nitrogens with one attached hydrogen (secondary N) is 1. The van der Waals surface area contributed by atoms with Crippen LogP contribution in [0.4, 0.5) is 0 Å². The summed E-state index contributed by atoms with van der Waals surface area (Å²) in [7, 11) is -3.50. The third kappa shape index (κ3) is 3.77. The van der Waals surface area contributed by atoms with Crippen LogP contribution in [0, 0.1) is 11.3 Å². The average molecular weight is 280 g/mol. The monoisotopic (exact) mass is 280 g/mol. The summed E-state index contributed by atoms with van der Waals surface area (Å²) in [5, 5.41) is 8.57. The summed E-state index contributed by atoms with van der Waals surface area (Å²) in [5.74, 6) is 0. The highest BCUT2D eigenvalue weighted by atomic mass is 32.2. The molecule has 1 heterocycles. The van der Waals surface area contributed by atoms with Gasteiger partial charge in [-0.15, -0.1) is 0 Å². The zero-order chi connectivity index (χ0) is 13.7. The first-order valence-electron chi connectivity index (χ1n) is 6.18. The molecule has 1 saturated heterocycles. The average Bonchev–Trinajstić information content (AvgIpc) is 2.40. The van der Waals surface area contributed by atoms with Crippen molar-refractivity contribution >= 4 is 10.0 Å². The van der Waals surface area contributed by atoms with Gasteiger partial charge in [0.2, 0.25) is 10.0 Å². The van der Waals surface area contributed by atoms with Gasteiger partial charge in [0.05, 0.1) is 24.0 Å². The van der Waals surface area contributed by atoms with Crippen LogP contribution in [-0.4, -0.2) is 27.7 Å². The number of hydrogen-bond acceptors (Lipinski definition) is 4. The van der Waals surface area contributed by atoms with Crippen molar-refractivity contribution in [3.8, 4) is 6.07 Å². The highest BCUT2D eigenvalue weighted by molar-refractivity contribution is 7.89. The second-order valence-corrected chi connectivity index (χ2v) is 6.23. The maximum atomic E-state index is 12.1. The van der Waals surface area contributed by atoms with E-state index in [-0.39, 0.29) is 17.4 Å². The molecule has 1 unspecified atom stereocenters. The largest absolute Gasteiger partial charge is 0.380 e. The second-order valence-electron chi connectivity index (χ2n) is 4.51. The van der Waals surface area contributed by atoms with Crippen molar-refractivity contribution in [1.82, 2.24) is 4.72 Å². The minimum atomic E-state index is -3.50. The van der Waals surface area contributed by atoms with E-state index in [1.165, 1.54) is 12.1 Å². The predicted molar refractivity (Wildman–Crippen MR) is 69.9 cm³/mol. The zero-order valence-corrected chi connectivity index (χ0v) is 11.3. The lowest BCUT2D eigenvalue weighted by Crippen LogP contribution is -2.40. The Labute approximate surface area is 113 Å². The summed E-state index contributed by atoms with van der Waals surface area (Å²) in [6.45, 7) is 1.12. The molecule has 1 aliphatic heterocycles. The molecule has 1 fully saturated rings. The topological polar surface area (TPSA) is 79.2 Å². The molecule has 1 aromatic rings. The zero-order valence-electron chi connectivity index (χ0n) is 10.5. The van der Waals surface area contributed by atoms with Gasteiger partial charge in [-0.2, -0.15) is 5.26 Å². The number of nitriles is 1. The van der Waals surface area contributed by atoms with Crippen molar-refractivity contribution < 1.29 is 13.2 Å². The molecule has 0 aromatic heterocycles. The quantitative estimate of drug-likeness (QED) is 0.899. The minimum Gasteiger partial charge on any atom is -0.380 e. The molecule has 102 valence electrons. The number of nitrogens with zero attached hydrogens (tertiary/aromatic N) is 1.